The van der Waals surface area contributed by atoms with Crippen molar-refractivity contribution in [2.45, 2.75) is 51.9 Å². The van der Waals surface area contributed by atoms with Crippen LogP contribution >= 0.6 is 0 Å². The van der Waals surface area contributed by atoms with E-state index in [2.05, 4.69) is 41.1 Å². The summed E-state index contributed by atoms with van der Waals surface area (Å²) in [6, 6.07) is 46.9. The van der Waals surface area contributed by atoms with E-state index in [-0.39, 0.29) is 80.2 Å². The number of carbonyl (C=O) groups excluding carboxylic acids is 5. The number of rotatable bonds is 24. The molecule has 3 atom stereocenters. The number of hydrogen-bond acceptors (Lipinski definition) is 12. The highest BCUT2D eigenvalue weighted by Crippen LogP contribution is 2.41. The van der Waals surface area contributed by atoms with Gasteiger partial charge >= 0.3 is 0 Å². The van der Waals surface area contributed by atoms with Crippen molar-refractivity contribution in [3.05, 3.63) is 197 Å². The predicted octanol–water partition coefficient (Wildman–Crippen LogP) is 8.77. The Kier molecular flexibility index (Phi) is 20.4. The number of phenolic OH excluding ortho intramolecular Hbond substituents is 1. The first-order chi connectivity index (χ1) is 40.2. The first-order valence-corrected chi connectivity index (χ1v) is 27.5. The molecule has 0 saturated heterocycles. The van der Waals surface area contributed by atoms with Crippen LogP contribution < -0.4 is 35.2 Å². The van der Waals surface area contributed by atoms with Gasteiger partial charge in [-0.15, -0.1) is 0 Å². The summed E-state index contributed by atoms with van der Waals surface area (Å²) >= 11 is 0. The molecule has 8 rings (SSSR count). The maximum atomic E-state index is 15.0. The molecule has 0 unspecified atom stereocenters. The summed E-state index contributed by atoms with van der Waals surface area (Å²) in [4.78, 5) is 74.1. The molecule has 17 heteroatoms. The van der Waals surface area contributed by atoms with E-state index in [1.807, 2.05) is 91.0 Å². The SMILES string of the molecule is CCC(=C(c1ccc(O)cc1)c1ccc(OCCN(C)C(=O)COCCOCCNC(=O)c2ccc(C(=O)N3c4cc(C#N)ccc4N(Cc4c(OC)ccc5ccccc45)C(=O)[C@@H](NC(=O)[C@H](C)NC)[C@@H]3C)cc2)cc1)c1ccccc1. The van der Waals surface area contributed by atoms with Gasteiger partial charge in [0, 0.05) is 30.3 Å². The molecule has 0 bridgehead atoms. The average molecular weight is 1120 g/mol. The molecule has 4 N–H and O–H groups in total. The molecule has 0 fully saturated rings. The van der Waals surface area contributed by atoms with Crippen molar-refractivity contribution in [2.75, 3.05) is 77.1 Å². The molecule has 428 valence electrons. The van der Waals surface area contributed by atoms with Crippen molar-refractivity contribution in [1.29, 1.82) is 5.26 Å². The zero-order valence-electron chi connectivity index (χ0n) is 47.5. The highest BCUT2D eigenvalue weighted by Gasteiger charge is 2.43. The Bertz CT molecular complexity index is 3490. The zero-order chi connectivity index (χ0) is 59.0. The fourth-order valence-corrected chi connectivity index (χ4v) is 9.94. The van der Waals surface area contributed by atoms with Gasteiger partial charge in [0.25, 0.3) is 17.7 Å². The molecule has 7 aromatic rings. The Balaban J connectivity index is 0.820. The van der Waals surface area contributed by atoms with Gasteiger partial charge in [0.2, 0.25) is 11.8 Å². The van der Waals surface area contributed by atoms with Crippen molar-refractivity contribution in [2.24, 2.45) is 0 Å². The lowest BCUT2D eigenvalue weighted by Crippen LogP contribution is -2.59. The van der Waals surface area contributed by atoms with Crippen molar-refractivity contribution >= 4 is 62.8 Å². The second-order valence-corrected chi connectivity index (χ2v) is 19.9. The Hall–Kier alpha value is -9.34. The third-order valence-corrected chi connectivity index (χ3v) is 14.7. The fraction of sp³-hybridized carbons (Fsp3) is 0.273. The molecule has 7 aromatic carbocycles. The van der Waals surface area contributed by atoms with E-state index in [4.69, 9.17) is 18.9 Å². The van der Waals surface area contributed by atoms with Gasteiger partial charge in [-0.2, -0.15) is 5.26 Å². The van der Waals surface area contributed by atoms with Gasteiger partial charge in [-0.05, 0) is 139 Å². The summed E-state index contributed by atoms with van der Waals surface area (Å²) < 4.78 is 23.1. The van der Waals surface area contributed by atoms with Crippen LogP contribution in [0.1, 0.15) is 75.7 Å². The summed E-state index contributed by atoms with van der Waals surface area (Å²) in [6.07, 6.45) is 0.802. The average Bonchev–Trinajstić information content (AvgIpc) is 3.93. The highest BCUT2D eigenvalue weighted by molar-refractivity contribution is 6.14. The van der Waals surface area contributed by atoms with Crippen LogP contribution in [0.25, 0.3) is 21.9 Å². The van der Waals surface area contributed by atoms with Crippen molar-refractivity contribution < 1.29 is 48.0 Å². The lowest BCUT2D eigenvalue weighted by molar-refractivity contribution is -0.135. The largest absolute Gasteiger partial charge is 0.508 e. The molecule has 0 aromatic heterocycles. The number of ether oxygens (including phenoxy) is 4. The van der Waals surface area contributed by atoms with Crippen LogP contribution in [0, 0.1) is 11.3 Å². The Morgan fingerprint density at radius 3 is 2.11 bits per heavy atom. The summed E-state index contributed by atoms with van der Waals surface area (Å²) in [5, 5.41) is 30.5. The zero-order valence-corrected chi connectivity index (χ0v) is 47.5. The third kappa shape index (κ3) is 14.4. The topological polar surface area (TPSA) is 212 Å². The molecule has 1 heterocycles. The van der Waals surface area contributed by atoms with E-state index in [0.717, 1.165) is 39.5 Å². The number of nitrogens with zero attached hydrogens (tertiary/aromatic N) is 4. The summed E-state index contributed by atoms with van der Waals surface area (Å²) in [5.41, 5.74) is 7.41. The number of aromatic hydroxyl groups is 1. The highest BCUT2D eigenvalue weighted by atomic mass is 16.5. The van der Waals surface area contributed by atoms with E-state index >= 15 is 4.79 Å². The number of nitrogens with one attached hydrogen (secondary N) is 3. The molecule has 0 aliphatic carbocycles. The predicted molar refractivity (Wildman–Crippen MR) is 320 cm³/mol. The molecule has 0 saturated carbocycles. The Morgan fingerprint density at radius 1 is 0.759 bits per heavy atom. The number of benzene rings is 7. The van der Waals surface area contributed by atoms with Crippen molar-refractivity contribution in [3.8, 4) is 23.3 Å². The second kappa shape index (κ2) is 28.4. The van der Waals surface area contributed by atoms with Gasteiger partial charge in [-0.3, -0.25) is 24.0 Å². The number of hydrogen-bond donors (Lipinski definition) is 4. The van der Waals surface area contributed by atoms with Gasteiger partial charge in [0.05, 0.1) is 75.1 Å². The maximum absolute atomic E-state index is 15.0. The minimum atomic E-state index is -1.24. The molecule has 5 amide bonds. The second-order valence-electron chi connectivity index (χ2n) is 19.9. The van der Waals surface area contributed by atoms with Crippen LogP contribution in [0.15, 0.2) is 158 Å². The first kappa shape index (κ1) is 59.8. The molecular formula is C66H69N7O10. The smallest absolute Gasteiger partial charge is 0.258 e. The van der Waals surface area contributed by atoms with E-state index < -0.39 is 41.8 Å². The van der Waals surface area contributed by atoms with Crippen LogP contribution in [0.4, 0.5) is 11.4 Å². The molecule has 1 aliphatic rings. The van der Waals surface area contributed by atoms with Crippen LogP contribution in [-0.2, 0) is 30.4 Å². The van der Waals surface area contributed by atoms with E-state index in [1.54, 1.807) is 65.4 Å². The monoisotopic (exact) mass is 1120 g/mol. The molecule has 0 radical (unpaired) electrons. The van der Waals surface area contributed by atoms with Gasteiger partial charge < -0.3 is 54.7 Å². The summed E-state index contributed by atoms with van der Waals surface area (Å²) in [6.45, 7) is 6.62. The number of allylic oxidation sites excluding steroid dienone is 1. The first-order valence-electron chi connectivity index (χ1n) is 27.5. The molecule has 83 heavy (non-hydrogen) atoms. The number of carbonyl (C=O) groups is 5. The minimum absolute atomic E-state index is 0.00383. The molecule has 0 spiro atoms. The van der Waals surface area contributed by atoms with Crippen molar-refractivity contribution in [1.82, 2.24) is 20.9 Å². The van der Waals surface area contributed by atoms with E-state index in [1.165, 1.54) is 44.5 Å². The number of nitriles is 1. The molecule has 17 nitrogen and oxygen atoms in total. The Labute approximate surface area is 484 Å². The quantitative estimate of drug-likeness (QED) is 0.0331. The number of amides is 5. The molecular weight excluding hydrogens is 1050 g/mol. The number of likely N-dealkylation sites (N-methyl/N-ethyl adjacent to an activating group) is 2. The Morgan fingerprint density at radius 2 is 1.42 bits per heavy atom. The summed E-state index contributed by atoms with van der Waals surface area (Å²) in [5.74, 6) is -0.688. The summed E-state index contributed by atoms with van der Waals surface area (Å²) in [7, 11) is 4.86. The normalized spacial score (nSPS) is 14.6. The van der Waals surface area contributed by atoms with E-state index in [0.29, 0.717) is 29.3 Å². The number of methoxy groups -OCH3 is 1. The van der Waals surface area contributed by atoms with Crippen molar-refractivity contribution in [3.63, 3.8) is 0 Å². The number of fused-ring (bicyclic) bond motifs is 2. The van der Waals surface area contributed by atoms with Crippen LogP contribution in [0.5, 0.6) is 17.2 Å². The van der Waals surface area contributed by atoms with Gasteiger partial charge in [-0.1, -0.05) is 91.9 Å². The number of phenols is 1. The number of anilines is 2. The van der Waals surface area contributed by atoms with Crippen LogP contribution in [0.3, 0.4) is 0 Å². The van der Waals surface area contributed by atoms with Crippen LogP contribution in [0.2, 0.25) is 0 Å². The standard InChI is InChI=1S/C66H69N7O10/c1-7-54(46-13-9-8-10-14-46)61(48-22-27-52(74)28-23-48)49-24-29-53(30-25-49)83-36-34-71(5)60(75)42-82-38-37-81-35-33-69-64(77)50-18-20-51(21-19-50)65(78)73-44(3)62(70-63(76)43(2)68-4)66(79)72(57-31-17-45(40-67)39-58(57)73)41-56-55-16-12-11-15-47(55)26-32-59(56)80-6/h8-32,39,43-44,62,68,74H,7,33-38,41-42H2,1-6H3,(H,69,77)(H,70,76)/t43-,44-,62-/m0/s1. The fourth-order valence-electron chi connectivity index (χ4n) is 9.94. The van der Waals surface area contributed by atoms with Crippen LogP contribution in [-0.4, -0.2) is 125 Å². The molecule has 1 aliphatic heterocycles. The van der Waals surface area contributed by atoms with Gasteiger partial charge in [0.1, 0.15) is 36.5 Å². The lowest BCUT2D eigenvalue weighted by atomic mass is 9.88. The lowest BCUT2D eigenvalue weighted by Gasteiger charge is -2.33. The van der Waals surface area contributed by atoms with E-state index in [9.17, 15) is 29.5 Å². The third-order valence-electron chi connectivity index (χ3n) is 14.7. The van der Waals surface area contributed by atoms with Gasteiger partial charge in [-0.25, -0.2) is 0 Å². The van der Waals surface area contributed by atoms with Gasteiger partial charge in [0.15, 0.2) is 0 Å². The maximum Gasteiger partial charge on any atom is 0.258 e. The minimum Gasteiger partial charge on any atom is -0.508 e.